The lowest BCUT2D eigenvalue weighted by Gasteiger charge is -2.65. The van der Waals surface area contributed by atoms with Crippen molar-refractivity contribution in [2.75, 3.05) is 19.8 Å². The van der Waals surface area contributed by atoms with Gasteiger partial charge in [-0.2, -0.15) is 0 Å². The third-order valence-corrected chi connectivity index (χ3v) is 19.9. The molecule has 12 N–H and O–H groups in total. The quantitative estimate of drug-likeness (QED) is 0.112. The Morgan fingerprint density at radius 2 is 1.20 bits per heavy atom. The normalized spacial score (nSPS) is 58.0. The topological polar surface area (TPSA) is 307 Å². The zero-order valence-electron chi connectivity index (χ0n) is 39.3. The predicted molar refractivity (Wildman–Crippen MR) is 226 cm³/mol. The van der Waals surface area contributed by atoms with Gasteiger partial charge in [0.05, 0.1) is 55.4 Å². The van der Waals surface area contributed by atoms with Crippen molar-refractivity contribution in [3.8, 4) is 0 Å². The van der Waals surface area contributed by atoms with E-state index in [9.17, 15) is 61.3 Å². The molecule has 0 unspecified atom stereocenters. The van der Waals surface area contributed by atoms with Gasteiger partial charge in [-0.3, -0.25) is 0 Å². The van der Waals surface area contributed by atoms with E-state index < -0.39 is 151 Å². The van der Waals surface area contributed by atoms with E-state index in [1.165, 1.54) is 0 Å². The molecule has 0 aromatic rings. The van der Waals surface area contributed by atoms with Crippen molar-refractivity contribution in [2.24, 2.45) is 44.8 Å². The van der Waals surface area contributed by atoms with Crippen LogP contribution < -0.4 is 0 Å². The third-order valence-electron chi connectivity index (χ3n) is 19.9. The molecule has 19 nitrogen and oxygen atoms in total. The molecule has 4 saturated heterocycles. The minimum absolute atomic E-state index is 0.00898. The van der Waals surface area contributed by atoms with Crippen molar-refractivity contribution >= 4 is 0 Å². The zero-order chi connectivity index (χ0) is 48.1. The van der Waals surface area contributed by atoms with Gasteiger partial charge in [0.15, 0.2) is 18.9 Å². The first-order chi connectivity index (χ1) is 30.8. The van der Waals surface area contributed by atoms with Crippen LogP contribution in [0.3, 0.4) is 0 Å². The summed E-state index contributed by atoms with van der Waals surface area (Å²) in [7, 11) is 0. The maximum atomic E-state index is 12.5. The Balaban J connectivity index is 1.01. The lowest BCUT2D eigenvalue weighted by Crippen LogP contribution is -2.65. The maximum Gasteiger partial charge on any atom is 0.187 e. The Morgan fingerprint density at radius 3 is 1.83 bits per heavy atom. The van der Waals surface area contributed by atoms with Crippen molar-refractivity contribution in [3.63, 3.8) is 0 Å². The van der Waals surface area contributed by atoms with E-state index in [-0.39, 0.29) is 35.2 Å². The number of hydrogen-bond acceptors (Lipinski definition) is 19. The molecule has 66 heavy (non-hydrogen) atoms. The molecule has 0 amide bonds. The van der Waals surface area contributed by atoms with Crippen LogP contribution in [0.2, 0.25) is 0 Å². The molecule has 0 aromatic carbocycles. The van der Waals surface area contributed by atoms with Crippen LogP contribution in [-0.4, -0.2) is 203 Å². The Morgan fingerprint density at radius 1 is 0.591 bits per heavy atom. The average Bonchev–Trinajstić information content (AvgIpc) is 3.63. The van der Waals surface area contributed by atoms with Gasteiger partial charge in [0.1, 0.15) is 67.1 Å². The molecule has 4 aliphatic heterocycles. The van der Waals surface area contributed by atoms with Crippen LogP contribution in [0.25, 0.3) is 0 Å². The predicted octanol–water partition coefficient (Wildman–Crippen LogP) is -1.45. The first-order valence-electron chi connectivity index (χ1n) is 24.4. The number of aliphatic hydroxyl groups is 12. The van der Waals surface area contributed by atoms with E-state index in [1.54, 1.807) is 0 Å². The van der Waals surface area contributed by atoms with Crippen molar-refractivity contribution in [3.05, 3.63) is 0 Å². The van der Waals surface area contributed by atoms with E-state index in [0.29, 0.717) is 32.1 Å². The summed E-state index contributed by atoms with van der Waals surface area (Å²) in [5.41, 5.74) is -3.88. The first kappa shape index (κ1) is 50.2. The fourth-order valence-electron chi connectivity index (χ4n) is 16.4. The Kier molecular flexibility index (Phi) is 12.9. The van der Waals surface area contributed by atoms with Crippen molar-refractivity contribution < 1.29 is 94.4 Å². The molecule has 5 saturated carbocycles. The molecule has 5 aliphatic carbocycles. The van der Waals surface area contributed by atoms with Crippen molar-refractivity contribution in [2.45, 2.75) is 228 Å². The van der Waals surface area contributed by atoms with Crippen LogP contribution >= 0.6 is 0 Å². The van der Waals surface area contributed by atoms with Crippen LogP contribution in [0.1, 0.15) is 106 Å². The number of rotatable bonds is 10. The highest BCUT2D eigenvalue weighted by atomic mass is 16.7. The highest BCUT2D eigenvalue weighted by Gasteiger charge is 2.85. The van der Waals surface area contributed by atoms with Gasteiger partial charge in [0.2, 0.25) is 0 Å². The minimum atomic E-state index is -1.65. The Hall–Kier alpha value is -0.760. The van der Waals surface area contributed by atoms with Crippen LogP contribution in [0.15, 0.2) is 0 Å². The molecule has 9 aliphatic rings. The monoisotopic (exact) mass is 947 g/mol. The summed E-state index contributed by atoms with van der Waals surface area (Å²) in [4.78, 5) is 0. The summed E-state index contributed by atoms with van der Waals surface area (Å²) in [6.07, 6.45) is -16.3. The van der Waals surface area contributed by atoms with Crippen LogP contribution in [0.5, 0.6) is 0 Å². The Bertz CT molecular complexity index is 1770. The molecular formula is C47H78O19. The lowest BCUT2D eigenvalue weighted by atomic mass is 9.41. The smallest absolute Gasteiger partial charge is 0.187 e. The molecule has 2 spiro atoms. The van der Waals surface area contributed by atoms with Crippen molar-refractivity contribution in [1.29, 1.82) is 0 Å². The zero-order valence-corrected chi connectivity index (χ0v) is 39.3. The molecule has 19 heteroatoms. The van der Waals surface area contributed by atoms with E-state index in [2.05, 4.69) is 34.6 Å². The molecule has 0 radical (unpaired) electrons. The molecule has 9 rings (SSSR count). The Labute approximate surface area is 386 Å². The van der Waals surface area contributed by atoms with Crippen LogP contribution in [-0.2, 0) is 33.2 Å². The molecular weight excluding hydrogens is 868 g/mol. The average molecular weight is 947 g/mol. The summed E-state index contributed by atoms with van der Waals surface area (Å²) in [5.74, 6) is -0.523. The SMILES string of the molecule is CC(C)(O[C@@H]1O[C@H](CO)[C@@H](O)[C@H](O)[C@H]1O)[C@@H]1CC[C@](C)([C@H]2[C@@H](O)C[C@@]3(C)[C@@H]4C[C@H](O[C@@H]5O[C@H](CO)[C@@H](O)[C@H](O)[C@H]5O)[C@H]5C(C)(C)[C@@H](O[C@@H]6OC[C@@H](O)[C@H](O)[C@H]6O)CC[C@@]56C[C@@]46CC[C@]23C)O1. The molecule has 0 bridgehead atoms. The summed E-state index contributed by atoms with van der Waals surface area (Å²) in [6, 6.07) is 0. The molecule has 4 heterocycles. The molecule has 9 fully saturated rings. The van der Waals surface area contributed by atoms with Gasteiger partial charge in [-0.25, -0.2) is 0 Å². The molecule has 26 atom stereocenters. The second-order valence-electron chi connectivity index (χ2n) is 23.8. The summed E-state index contributed by atoms with van der Waals surface area (Å²) in [5, 5.41) is 129. The number of aliphatic hydroxyl groups excluding tert-OH is 12. The molecule has 380 valence electrons. The van der Waals surface area contributed by atoms with Gasteiger partial charge in [0.25, 0.3) is 0 Å². The van der Waals surface area contributed by atoms with E-state index >= 15 is 0 Å². The van der Waals surface area contributed by atoms with Gasteiger partial charge in [-0.1, -0.05) is 27.7 Å². The molecule has 0 aromatic heterocycles. The van der Waals surface area contributed by atoms with Crippen molar-refractivity contribution in [1.82, 2.24) is 0 Å². The van der Waals surface area contributed by atoms with Gasteiger partial charge in [-0.05, 0) is 117 Å². The van der Waals surface area contributed by atoms with E-state index in [0.717, 1.165) is 25.7 Å². The van der Waals surface area contributed by atoms with E-state index in [4.69, 9.17) is 33.2 Å². The highest BCUT2D eigenvalue weighted by Crippen LogP contribution is 2.89. The van der Waals surface area contributed by atoms with Gasteiger partial charge < -0.3 is 94.4 Å². The van der Waals surface area contributed by atoms with Gasteiger partial charge in [-0.15, -0.1) is 0 Å². The second-order valence-corrected chi connectivity index (χ2v) is 23.8. The maximum absolute atomic E-state index is 12.5. The van der Waals surface area contributed by atoms with Crippen LogP contribution in [0.4, 0.5) is 0 Å². The minimum Gasteiger partial charge on any atom is -0.394 e. The fourth-order valence-corrected chi connectivity index (χ4v) is 16.4. The highest BCUT2D eigenvalue weighted by molar-refractivity contribution is 5.33. The fraction of sp³-hybridized carbons (Fsp3) is 1.00. The van der Waals surface area contributed by atoms with Gasteiger partial charge in [0, 0.05) is 5.92 Å². The third kappa shape index (κ3) is 7.22. The second kappa shape index (κ2) is 16.9. The summed E-state index contributed by atoms with van der Waals surface area (Å²) in [6.45, 7) is 13.0. The first-order valence-corrected chi connectivity index (χ1v) is 24.4. The number of fused-ring (bicyclic) bond motifs is 2. The summed E-state index contributed by atoms with van der Waals surface area (Å²) < 4.78 is 44.3. The summed E-state index contributed by atoms with van der Waals surface area (Å²) >= 11 is 0. The van der Waals surface area contributed by atoms with Gasteiger partial charge >= 0.3 is 0 Å². The van der Waals surface area contributed by atoms with E-state index in [1.807, 2.05) is 13.8 Å². The van der Waals surface area contributed by atoms with Crippen LogP contribution in [0, 0.1) is 44.8 Å². The number of ether oxygens (including phenoxy) is 7. The standard InChI is InChI=1S/C47H78O19/c1-41(2)26(64-38-33(57)28(52)21(51)18-60-38)9-11-47-19-46(47)13-12-43(5)36(45(7)10-8-27(65-45)42(3,4)66-40-35(59)32(56)30(54)24(17-49)63-40)20(50)15-44(43,6)25(46)14-22(37(41)47)61-39-34(58)31(55)29(53)23(16-48)62-39/h20-40,48-59H,8-19H2,1-7H3/t20-,21+,22-,23+,24+,25-,26-,27-,28-,29+,30+,31-,32-,33+,34+,35+,36-,37-,38-,39+,40-,43+,44-,45+,46-,47+/m0/s1. The largest absolute Gasteiger partial charge is 0.394 e. The lowest BCUT2D eigenvalue weighted by molar-refractivity contribution is -0.339. The number of hydrogen-bond donors (Lipinski definition) is 12.